The van der Waals surface area contributed by atoms with Gasteiger partial charge in [0.15, 0.2) is 0 Å². The molecule has 5 nitrogen and oxygen atoms in total. The summed E-state index contributed by atoms with van der Waals surface area (Å²) in [7, 11) is 0. The summed E-state index contributed by atoms with van der Waals surface area (Å²) in [6.07, 6.45) is 2.19. The summed E-state index contributed by atoms with van der Waals surface area (Å²) in [6, 6.07) is 1.08. The third-order valence-corrected chi connectivity index (χ3v) is 3.08. The summed E-state index contributed by atoms with van der Waals surface area (Å²) in [6.45, 7) is 0. The predicted octanol–water partition coefficient (Wildman–Crippen LogP) is 1.69. The summed E-state index contributed by atoms with van der Waals surface area (Å²) in [5.74, 6) is -1.62. The van der Waals surface area contributed by atoms with Crippen LogP contribution in [0.4, 0.5) is 19.3 Å². The zero-order chi connectivity index (χ0) is 15.1. The van der Waals surface area contributed by atoms with Gasteiger partial charge in [-0.15, -0.1) is 0 Å². The zero-order valence-corrected chi connectivity index (χ0v) is 11.6. The number of carbonyl (C=O) groups excluding carboxylic acids is 2. The minimum Gasteiger partial charge on any atom is -0.352 e. The van der Waals surface area contributed by atoms with Crippen molar-refractivity contribution in [3.05, 3.63) is 29.8 Å². The fourth-order valence-corrected chi connectivity index (χ4v) is 1.96. The number of halogens is 2. The van der Waals surface area contributed by atoms with Gasteiger partial charge in [0.05, 0.1) is 5.69 Å². The van der Waals surface area contributed by atoms with E-state index < -0.39 is 29.6 Å². The van der Waals surface area contributed by atoms with Gasteiger partial charge in [0.25, 0.3) is 0 Å². The lowest BCUT2D eigenvalue weighted by Gasteiger charge is -2.17. The molecule has 0 saturated heterocycles. The van der Waals surface area contributed by atoms with E-state index in [9.17, 15) is 18.4 Å². The van der Waals surface area contributed by atoms with Crippen LogP contribution >= 0.6 is 11.8 Å². The molecule has 0 radical (unpaired) electrons. The van der Waals surface area contributed by atoms with Crippen LogP contribution in [0, 0.1) is 11.6 Å². The Bertz CT molecular complexity index is 500. The standard InChI is InChI=1S/C12H15F2N3O2S/c1-20-5-4-10(17-12(15)19)11(18)16-9-3-2-7(13)6-8(9)14/h2-3,6,10H,4-5H2,1H3,(H,16,18)(H3,15,17,19)/t10-/m1/s1. The Labute approximate surface area is 119 Å². The van der Waals surface area contributed by atoms with E-state index in [-0.39, 0.29) is 5.69 Å². The molecule has 20 heavy (non-hydrogen) atoms. The van der Waals surface area contributed by atoms with E-state index in [1.54, 1.807) is 0 Å². The molecule has 0 spiro atoms. The minimum absolute atomic E-state index is 0.156. The van der Waals surface area contributed by atoms with E-state index in [4.69, 9.17) is 5.73 Å². The average Bonchev–Trinajstić information content (AvgIpc) is 2.37. The summed E-state index contributed by atoms with van der Waals surface area (Å²) in [4.78, 5) is 22.8. The second-order valence-corrected chi connectivity index (χ2v) is 4.94. The first-order valence-corrected chi connectivity index (χ1v) is 7.14. The molecule has 0 bridgehead atoms. The molecule has 1 aromatic rings. The van der Waals surface area contributed by atoms with Gasteiger partial charge in [-0.2, -0.15) is 11.8 Å². The van der Waals surface area contributed by atoms with Gasteiger partial charge in [-0.05, 0) is 30.6 Å². The molecule has 0 heterocycles. The molecular formula is C12H15F2N3O2S. The molecule has 1 atom stereocenters. The highest BCUT2D eigenvalue weighted by Crippen LogP contribution is 2.15. The summed E-state index contributed by atoms with van der Waals surface area (Å²) >= 11 is 1.49. The second-order valence-electron chi connectivity index (χ2n) is 3.96. The Hall–Kier alpha value is -1.83. The number of thioether (sulfide) groups is 1. The van der Waals surface area contributed by atoms with E-state index in [0.717, 1.165) is 12.1 Å². The van der Waals surface area contributed by atoms with Crippen LogP contribution in [0.25, 0.3) is 0 Å². The Kier molecular flexibility index (Phi) is 6.23. The first kappa shape index (κ1) is 16.2. The molecule has 110 valence electrons. The van der Waals surface area contributed by atoms with E-state index in [1.165, 1.54) is 11.8 Å². The maximum Gasteiger partial charge on any atom is 0.312 e. The average molecular weight is 303 g/mol. The monoisotopic (exact) mass is 303 g/mol. The molecule has 0 aliphatic rings. The molecule has 0 aromatic heterocycles. The van der Waals surface area contributed by atoms with E-state index in [2.05, 4.69) is 10.6 Å². The van der Waals surface area contributed by atoms with Crippen molar-refractivity contribution < 1.29 is 18.4 Å². The highest BCUT2D eigenvalue weighted by molar-refractivity contribution is 7.98. The minimum atomic E-state index is -0.888. The van der Waals surface area contributed by atoms with Gasteiger partial charge >= 0.3 is 6.03 Å². The lowest BCUT2D eigenvalue weighted by molar-refractivity contribution is -0.118. The lowest BCUT2D eigenvalue weighted by atomic mass is 10.2. The number of carbonyl (C=O) groups is 2. The third kappa shape index (κ3) is 5.04. The highest BCUT2D eigenvalue weighted by atomic mass is 32.2. The molecule has 1 rings (SSSR count). The van der Waals surface area contributed by atoms with Crippen molar-refractivity contribution in [2.24, 2.45) is 5.73 Å². The van der Waals surface area contributed by atoms with E-state index in [0.29, 0.717) is 18.2 Å². The molecule has 3 amide bonds. The van der Waals surface area contributed by atoms with Crippen molar-refractivity contribution in [1.29, 1.82) is 0 Å². The van der Waals surface area contributed by atoms with E-state index in [1.807, 2.05) is 6.26 Å². The fourth-order valence-electron chi connectivity index (χ4n) is 1.49. The number of anilines is 1. The largest absolute Gasteiger partial charge is 0.352 e. The number of amides is 3. The Morgan fingerprint density at radius 3 is 2.65 bits per heavy atom. The third-order valence-electron chi connectivity index (χ3n) is 2.43. The molecule has 0 aliphatic heterocycles. The number of primary amides is 1. The van der Waals surface area contributed by atoms with Crippen LogP contribution in [-0.2, 0) is 4.79 Å². The first-order chi connectivity index (χ1) is 9.43. The number of rotatable bonds is 6. The van der Waals surface area contributed by atoms with Crippen LogP contribution in [0.5, 0.6) is 0 Å². The maximum atomic E-state index is 13.4. The van der Waals surface area contributed by atoms with Gasteiger partial charge in [-0.1, -0.05) is 0 Å². The summed E-state index contributed by atoms with van der Waals surface area (Å²) < 4.78 is 26.2. The van der Waals surface area contributed by atoms with Crippen LogP contribution < -0.4 is 16.4 Å². The molecule has 0 unspecified atom stereocenters. The molecule has 0 saturated carbocycles. The summed E-state index contributed by atoms with van der Waals surface area (Å²) in [5.41, 5.74) is 4.83. The van der Waals surface area contributed by atoms with Crippen molar-refractivity contribution in [3.63, 3.8) is 0 Å². The molecule has 8 heteroatoms. The predicted molar refractivity (Wildman–Crippen MR) is 74.5 cm³/mol. The number of nitrogens with two attached hydrogens (primary N) is 1. The van der Waals surface area contributed by atoms with Crippen molar-refractivity contribution in [2.75, 3.05) is 17.3 Å². The smallest absolute Gasteiger partial charge is 0.312 e. The summed E-state index contributed by atoms with van der Waals surface area (Å²) in [5, 5.41) is 4.57. The van der Waals surface area contributed by atoms with Crippen molar-refractivity contribution >= 4 is 29.4 Å². The van der Waals surface area contributed by atoms with E-state index >= 15 is 0 Å². The van der Waals surface area contributed by atoms with Gasteiger partial charge in [-0.3, -0.25) is 4.79 Å². The maximum absolute atomic E-state index is 13.4. The fraction of sp³-hybridized carbons (Fsp3) is 0.333. The Balaban J connectivity index is 2.76. The van der Waals surface area contributed by atoms with Crippen molar-refractivity contribution in [1.82, 2.24) is 5.32 Å². The van der Waals surface area contributed by atoms with Crippen LogP contribution in [0.2, 0.25) is 0 Å². The van der Waals surface area contributed by atoms with Gasteiger partial charge in [-0.25, -0.2) is 13.6 Å². The highest BCUT2D eigenvalue weighted by Gasteiger charge is 2.20. The number of nitrogens with one attached hydrogen (secondary N) is 2. The van der Waals surface area contributed by atoms with Gasteiger partial charge in [0.1, 0.15) is 17.7 Å². The quantitative estimate of drug-likeness (QED) is 0.748. The second kappa shape index (κ2) is 7.68. The zero-order valence-electron chi connectivity index (χ0n) is 10.8. The SMILES string of the molecule is CSCC[C@@H](NC(N)=O)C(=O)Nc1ccc(F)cc1F. The number of hydrogen-bond donors (Lipinski definition) is 3. The van der Waals surface area contributed by atoms with Crippen LogP contribution in [0.15, 0.2) is 18.2 Å². The number of hydrogen-bond acceptors (Lipinski definition) is 3. The van der Waals surface area contributed by atoms with Crippen LogP contribution in [-0.4, -0.2) is 30.0 Å². The van der Waals surface area contributed by atoms with Gasteiger partial charge in [0, 0.05) is 6.07 Å². The van der Waals surface area contributed by atoms with Crippen molar-refractivity contribution in [3.8, 4) is 0 Å². The number of benzene rings is 1. The first-order valence-electron chi connectivity index (χ1n) is 5.75. The molecular weight excluding hydrogens is 288 g/mol. The van der Waals surface area contributed by atoms with Crippen molar-refractivity contribution in [2.45, 2.75) is 12.5 Å². The Morgan fingerprint density at radius 2 is 2.10 bits per heavy atom. The normalized spacial score (nSPS) is 11.8. The van der Waals surface area contributed by atoms with Crippen LogP contribution in [0.1, 0.15) is 6.42 Å². The van der Waals surface area contributed by atoms with Crippen LogP contribution in [0.3, 0.4) is 0 Å². The van der Waals surface area contributed by atoms with Gasteiger partial charge < -0.3 is 16.4 Å². The molecule has 0 fully saturated rings. The lowest BCUT2D eigenvalue weighted by Crippen LogP contribution is -2.46. The molecule has 1 aromatic carbocycles. The topological polar surface area (TPSA) is 84.2 Å². The molecule has 0 aliphatic carbocycles. The Morgan fingerprint density at radius 1 is 1.40 bits per heavy atom. The van der Waals surface area contributed by atoms with Gasteiger partial charge in [0.2, 0.25) is 5.91 Å². The molecule has 4 N–H and O–H groups in total. The number of urea groups is 1.